The average molecular weight is 229 g/mol. The fraction of sp³-hybridized carbons (Fsp3) is 0.500. The molecule has 0 bridgehead atoms. The van der Waals surface area contributed by atoms with Crippen molar-refractivity contribution in [2.75, 3.05) is 5.75 Å². The van der Waals surface area contributed by atoms with E-state index in [9.17, 15) is 0 Å². The fourth-order valence-corrected chi connectivity index (χ4v) is 3.11. The predicted molar refractivity (Wildman–Crippen MR) is 61.6 cm³/mol. The number of nitrogens with zero attached hydrogens (tertiary/aromatic N) is 1. The van der Waals surface area contributed by atoms with E-state index in [2.05, 4.69) is 11.1 Å². The lowest BCUT2D eigenvalue weighted by Crippen LogP contribution is -2.01. The third-order valence-corrected chi connectivity index (χ3v) is 4.16. The van der Waals surface area contributed by atoms with Crippen LogP contribution in [0, 0.1) is 0 Å². The molecule has 0 spiro atoms. The van der Waals surface area contributed by atoms with E-state index in [1.165, 1.54) is 18.6 Å². The van der Waals surface area contributed by atoms with Crippen molar-refractivity contribution in [2.45, 2.75) is 24.6 Å². The van der Waals surface area contributed by atoms with Gasteiger partial charge in [0, 0.05) is 17.4 Å². The van der Waals surface area contributed by atoms with Gasteiger partial charge in [-0.1, -0.05) is 17.7 Å². The average Bonchev–Trinajstić information content (AvgIpc) is 2.70. The zero-order valence-electron chi connectivity index (χ0n) is 7.87. The highest BCUT2D eigenvalue weighted by Gasteiger charge is 2.19. The van der Waals surface area contributed by atoms with Crippen molar-refractivity contribution in [1.82, 2.24) is 4.98 Å². The van der Waals surface area contributed by atoms with Crippen molar-refractivity contribution in [2.24, 2.45) is 5.73 Å². The van der Waals surface area contributed by atoms with Gasteiger partial charge < -0.3 is 5.73 Å². The Kier molecular flexibility index (Phi) is 3.31. The summed E-state index contributed by atoms with van der Waals surface area (Å²) in [7, 11) is 0. The second-order valence-electron chi connectivity index (χ2n) is 3.39. The largest absolute Gasteiger partial charge is 0.326 e. The molecule has 1 unspecified atom stereocenters. The SMILES string of the molecule is NCc1ccc(C2CCCS2)nc1Cl. The lowest BCUT2D eigenvalue weighted by Gasteiger charge is -2.09. The summed E-state index contributed by atoms with van der Waals surface area (Å²) in [5.74, 6) is 1.24. The molecule has 2 rings (SSSR count). The normalized spacial score (nSPS) is 21.4. The summed E-state index contributed by atoms with van der Waals surface area (Å²) in [5, 5.41) is 1.11. The molecule has 2 heterocycles. The third kappa shape index (κ3) is 2.05. The van der Waals surface area contributed by atoms with E-state index in [0.717, 1.165) is 11.3 Å². The molecule has 1 saturated heterocycles. The Morgan fingerprint density at radius 1 is 1.57 bits per heavy atom. The van der Waals surface area contributed by atoms with Crippen LogP contribution in [0.2, 0.25) is 5.15 Å². The van der Waals surface area contributed by atoms with Crippen LogP contribution >= 0.6 is 23.4 Å². The van der Waals surface area contributed by atoms with E-state index >= 15 is 0 Å². The van der Waals surface area contributed by atoms with Crippen molar-refractivity contribution in [3.8, 4) is 0 Å². The molecule has 0 amide bonds. The molecule has 76 valence electrons. The Hall–Kier alpha value is -0.250. The highest BCUT2D eigenvalue weighted by Crippen LogP contribution is 2.39. The maximum absolute atomic E-state index is 6.01. The minimum absolute atomic E-state index is 0.462. The lowest BCUT2D eigenvalue weighted by atomic mass is 10.1. The van der Waals surface area contributed by atoms with Gasteiger partial charge in [0.25, 0.3) is 0 Å². The van der Waals surface area contributed by atoms with Gasteiger partial charge in [0.1, 0.15) is 5.15 Å². The van der Waals surface area contributed by atoms with E-state index in [0.29, 0.717) is 16.9 Å². The quantitative estimate of drug-likeness (QED) is 0.792. The van der Waals surface area contributed by atoms with Crippen molar-refractivity contribution < 1.29 is 0 Å². The number of hydrogen-bond acceptors (Lipinski definition) is 3. The first-order valence-electron chi connectivity index (χ1n) is 4.78. The van der Waals surface area contributed by atoms with Gasteiger partial charge in [0.2, 0.25) is 0 Å². The smallest absolute Gasteiger partial charge is 0.133 e. The number of aromatic nitrogens is 1. The van der Waals surface area contributed by atoms with Crippen LogP contribution in [0.3, 0.4) is 0 Å². The Morgan fingerprint density at radius 3 is 3.00 bits per heavy atom. The first-order chi connectivity index (χ1) is 6.81. The molecule has 2 nitrogen and oxygen atoms in total. The van der Waals surface area contributed by atoms with Gasteiger partial charge in [-0.15, -0.1) is 0 Å². The molecule has 0 saturated carbocycles. The summed E-state index contributed by atoms with van der Waals surface area (Å²) >= 11 is 7.97. The van der Waals surface area contributed by atoms with Gasteiger partial charge in [-0.2, -0.15) is 11.8 Å². The Morgan fingerprint density at radius 2 is 2.43 bits per heavy atom. The molecule has 1 aliphatic heterocycles. The number of hydrogen-bond donors (Lipinski definition) is 1. The van der Waals surface area contributed by atoms with Gasteiger partial charge in [0.15, 0.2) is 0 Å². The van der Waals surface area contributed by atoms with Crippen LogP contribution in [0.4, 0.5) is 0 Å². The molecule has 1 aliphatic rings. The Balaban J connectivity index is 2.23. The van der Waals surface area contributed by atoms with E-state index in [4.69, 9.17) is 17.3 Å². The molecule has 1 aromatic heterocycles. The minimum atomic E-state index is 0.462. The standard InChI is InChI=1S/C10H13ClN2S/c11-10-7(6-12)3-4-8(13-10)9-2-1-5-14-9/h3-4,9H,1-2,5-6,12H2. The molecule has 1 aromatic rings. The minimum Gasteiger partial charge on any atom is -0.326 e. The first-order valence-corrected chi connectivity index (χ1v) is 6.21. The van der Waals surface area contributed by atoms with Crippen LogP contribution in [0.15, 0.2) is 12.1 Å². The molecule has 14 heavy (non-hydrogen) atoms. The van der Waals surface area contributed by atoms with Crippen LogP contribution in [0.1, 0.15) is 29.3 Å². The molecule has 2 N–H and O–H groups in total. The number of rotatable bonds is 2. The van der Waals surface area contributed by atoms with Gasteiger partial charge in [-0.05, 0) is 24.7 Å². The summed E-state index contributed by atoms with van der Waals surface area (Å²) in [6, 6.07) is 4.04. The summed E-state index contributed by atoms with van der Waals surface area (Å²) < 4.78 is 0. The van der Waals surface area contributed by atoms with Crippen LogP contribution < -0.4 is 5.73 Å². The topological polar surface area (TPSA) is 38.9 Å². The first kappa shape index (κ1) is 10.3. The number of halogens is 1. The molecule has 1 fully saturated rings. The maximum Gasteiger partial charge on any atom is 0.133 e. The number of nitrogens with two attached hydrogens (primary N) is 1. The molecular formula is C10H13ClN2S. The van der Waals surface area contributed by atoms with E-state index in [1.54, 1.807) is 0 Å². The lowest BCUT2D eigenvalue weighted by molar-refractivity contribution is 0.804. The van der Waals surface area contributed by atoms with Crippen molar-refractivity contribution in [3.05, 3.63) is 28.5 Å². The van der Waals surface area contributed by atoms with Crippen molar-refractivity contribution >= 4 is 23.4 Å². The maximum atomic E-state index is 6.01. The zero-order chi connectivity index (χ0) is 9.97. The summed E-state index contributed by atoms with van der Waals surface area (Å²) in [5.41, 5.74) is 7.56. The molecule has 0 aliphatic carbocycles. The monoisotopic (exact) mass is 228 g/mol. The molecule has 0 radical (unpaired) electrons. The van der Waals surface area contributed by atoms with Crippen LogP contribution in [0.25, 0.3) is 0 Å². The third-order valence-electron chi connectivity index (χ3n) is 2.43. The van der Waals surface area contributed by atoms with Crippen molar-refractivity contribution in [1.29, 1.82) is 0 Å². The second kappa shape index (κ2) is 4.51. The summed E-state index contributed by atoms with van der Waals surface area (Å²) in [6.45, 7) is 0.462. The van der Waals surface area contributed by atoms with Gasteiger partial charge in [0.05, 0.1) is 5.69 Å². The molecule has 4 heteroatoms. The molecule has 1 atom stereocenters. The zero-order valence-corrected chi connectivity index (χ0v) is 9.44. The second-order valence-corrected chi connectivity index (χ2v) is 5.06. The van der Waals surface area contributed by atoms with Gasteiger partial charge in [-0.3, -0.25) is 0 Å². The van der Waals surface area contributed by atoms with Crippen LogP contribution in [-0.2, 0) is 6.54 Å². The van der Waals surface area contributed by atoms with Gasteiger partial charge in [-0.25, -0.2) is 4.98 Å². The van der Waals surface area contributed by atoms with E-state index in [-0.39, 0.29) is 0 Å². The van der Waals surface area contributed by atoms with Crippen LogP contribution in [0.5, 0.6) is 0 Å². The van der Waals surface area contributed by atoms with Crippen molar-refractivity contribution in [3.63, 3.8) is 0 Å². The molecule has 0 aromatic carbocycles. The highest BCUT2D eigenvalue weighted by atomic mass is 35.5. The highest BCUT2D eigenvalue weighted by molar-refractivity contribution is 7.99. The fourth-order valence-electron chi connectivity index (χ4n) is 1.62. The van der Waals surface area contributed by atoms with Crippen LogP contribution in [-0.4, -0.2) is 10.7 Å². The summed E-state index contributed by atoms with van der Waals surface area (Å²) in [6.07, 6.45) is 2.50. The van der Waals surface area contributed by atoms with E-state index in [1.807, 2.05) is 17.8 Å². The van der Waals surface area contributed by atoms with E-state index < -0.39 is 0 Å². The number of thioether (sulfide) groups is 1. The summed E-state index contributed by atoms with van der Waals surface area (Å²) in [4.78, 5) is 4.39. The molecular weight excluding hydrogens is 216 g/mol. The van der Waals surface area contributed by atoms with Gasteiger partial charge >= 0.3 is 0 Å². The Bertz CT molecular complexity index is 324. The number of pyridine rings is 1. The predicted octanol–water partition coefficient (Wildman–Crippen LogP) is 2.76. The Labute approximate surface area is 93.2 Å².